The van der Waals surface area contributed by atoms with E-state index in [0.717, 1.165) is 24.0 Å². The molecule has 1 saturated heterocycles. The van der Waals surface area contributed by atoms with Crippen LogP contribution in [0.4, 0.5) is 4.79 Å². The molecule has 1 aromatic rings. The summed E-state index contributed by atoms with van der Waals surface area (Å²) in [6.07, 6.45) is 0.556. The molecule has 1 amide bonds. The van der Waals surface area contributed by atoms with Gasteiger partial charge in [-0.15, -0.1) is 0 Å². The number of nitrogens with one attached hydrogen (secondary N) is 1. The van der Waals surface area contributed by atoms with Crippen LogP contribution in [0.3, 0.4) is 0 Å². The van der Waals surface area contributed by atoms with E-state index in [2.05, 4.69) is 38.3 Å². The molecule has 1 aromatic carbocycles. The molecule has 1 aliphatic heterocycles. The highest BCUT2D eigenvalue weighted by atomic mass is 79.9. The number of amides is 1. The van der Waals surface area contributed by atoms with E-state index in [1.165, 1.54) is 5.56 Å². The van der Waals surface area contributed by atoms with Gasteiger partial charge in [0, 0.05) is 36.2 Å². The minimum atomic E-state index is -0.474. The second kappa shape index (κ2) is 7.64. The van der Waals surface area contributed by atoms with Crippen molar-refractivity contribution in [3.8, 4) is 0 Å². The third-order valence-corrected chi connectivity index (χ3v) is 4.33. The lowest BCUT2D eigenvalue weighted by Crippen LogP contribution is -2.41. The Morgan fingerprint density at radius 3 is 2.87 bits per heavy atom. The van der Waals surface area contributed by atoms with Crippen molar-refractivity contribution in [1.29, 1.82) is 0 Å². The summed E-state index contributed by atoms with van der Waals surface area (Å²) in [5.74, 6) is 0. The highest BCUT2D eigenvalue weighted by Gasteiger charge is 2.30. The molecule has 0 aromatic heterocycles. The average molecular weight is 384 g/mol. The van der Waals surface area contributed by atoms with E-state index < -0.39 is 5.60 Å². The number of benzene rings is 1. The number of likely N-dealkylation sites (tertiary alicyclic amines) is 1. The summed E-state index contributed by atoms with van der Waals surface area (Å²) in [5.41, 5.74) is 6.72. The molecule has 0 unspecified atom stereocenters. The van der Waals surface area contributed by atoms with Crippen LogP contribution in [0, 0.1) is 0 Å². The SMILES string of the molecule is CC(C)(C)OC(=O)N[C@@H]1CCN([C@@H](CN)c2cccc(Br)c2)C1. The van der Waals surface area contributed by atoms with Crippen molar-refractivity contribution in [2.45, 2.75) is 44.9 Å². The fourth-order valence-corrected chi connectivity index (χ4v) is 3.29. The molecule has 0 aliphatic carbocycles. The maximum atomic E-state index is 11.9. The summed E-state index contributed by atoms with van der Waals surface area (Å²) in [4.78, 5) is 14.2. The topological polar surface area (TPSA) is 67.6 Å². The van der Waals surface area contributed by atoms with Crippen LogP contribution in [0.1, 0.15) is 38.8 Å². The first-order chi connectivity index (χ1) is 10.8. The third-order valence-electron chi connectivity index (χ3n) is 3.84. The summed E-state index contributed by atoms with van der Waals surface area (Å²) in [7, 11) is 0. The molecular weight excluding hydrogens is 358 g/mol. The third kappa shape index (κ3) is 5.48. The number of halogens is 1. The molecule has 0 radical (unpaired) electrons. The summed E-state index contributed by atoms with van der Waals surface area (Å²) < 4.78 is 6.37. The van der Waals surface area contributed by atoms with E-state index >= 15 is 0 Å². The number of hydrogen-bond donors (Lipinski definition) is 2. The minimum absolute atomic E-state index is 0.103. The number of carbonyl (C=O) groups excluding carboxylic acids is 1. The van der Waals surface area contributed by atoms with E-state index in [9.17, 15) is 4.79 Å². The average Bonchev–Trinajstić information content (AvgIpc) is 2.85. The van der Waals surface area contributed by atoms with Crippen molar-refractivity contribution in [3.05, 3.63) is 34.3 Å². The second-order valence-corrected chi connectivity index (χ2v) is 7.85. The lowest BCUT2D eigenvalue weighted by atomic mass is 10.1. The van der Waals surface area contributed by atoms with Gasteiger partial charge in [0.15, 0.2) is 0 Å². The van der Waals surface area contributed by atoms with Crippen molar-refractivity contribution < 1.29 is 9.53 Å². The van der Waals surface area contributed by atoms with Gasteiger partial charge in [0.25, 0.3) is 0 Å². The number of hydrogen-bond acceptors (Lipinski definition) is 4. The summed E-state index contributed by atoms with van der Waals surface area (Å²) in [6, 6.07) is 8.50. The van der Waals surface area contributed by atoms with Crippen LogP contribution in [0.5, 0.6) is 0 Å². The molecule has 2 atom stereocenters. The van der Waals surface area contributed by atoms with Gasteiger partial charge < -0.3 is 15.8 Å². The van der Waals surface area contributed by atoms with Gasteiger partial charge in [0.2, 0.25) is 0 Å². The fraction of sp³-hybridized carbons (Fsp3) is 0.588. The predicted octanol–water partition coefficient (Wildman–Crippen LogP) is 3.05. The molecule has 1 aliphatic rings. The zero-order valence-electron chi connectivity index (χ0n) is 14.0. The number of ether oxygens (including phenoxy) is 1. The molecule has 0 bridgehead atoms. The molecule has 23 heavy (non-hydrogen) atoms. The molecule has 5 nitrogen and oxygen atoms in total. The summed E-state index contributed by atoms with van der Waals surface area (Å²) in [5, 5.41) is 2.95. The highest BCUT2D eigenvalue weighted by Crippen LogP contribution is 2.26. The first-order valence-corrected chi connectivity index (χ1v) is 8.77. The molecule has 1 heterocycles. The van der Waals surface area contributed by atoms with Gasteiger partial charge in [-0.05, 0) is 44.9 Å². The zero-order valence-corrected chi connectivity index (χ0v) is 15.6. The smallest absolute Gasteiger partial charge is 0.407 e. The molecule has 2 rings (SSSR count). The Hall–Kier alpha value is -1.11. The van der Waals surface area contributed by atoms with Crippen molar-refractivity contribution in [2.24, 2.45) is 5.73 Å². The lowest BCUT2D eigenvalue weighted by Gasteiger charge is -2.27. The summed E-state index contributed by atoms with van der Waals surface area (Å²) in [6.45, 7) is 7.85. The van der Waals surface area contributed by atoms with Crippen LogP contribution in [-0.2, 0) is 4.74 Å². The summed E-state index contributed by atoms with van der Waals surface area (Å²) >= 11 is 3.51. The largest absolute Gasteiger partial charge is 0.444 e. The normalized spacial score (nSPS) is 20.3. The van der Waals surface area contributed by atoms with Gasteiger partial charge in [0.1, 0.15) is 5.60 Å². The standard InChI is InChI=1S/C17H26BrN3O2/c1-17(2,3)23-16(22)20-14-7-8-21(11-14)15(10-19)12-5-4-6-13(18)9-12/h4-6,9,14-15H,7-8,10-11,19H2,1-3H3,(H,20,22)/t14-,15+/m1/s1. The van der Waals surface area contributed by atoms with Crippen LogP contribution in [0.25, 0.3) is 0 Å². The minimum Gasteiger partial charge on any atom is -0.444 e. The molecule has 0 spiro atoms. The molecule has 1 fully saturated rings. The van der Waals surface area contributed by atoms with Crippen LogP contribution in [0.2, 0.25) is 0 Å². The van der Waals surface area contributed by atoms with Crippen molar-refractivity contribution in [2.75, 3.05) is 19.6 Å². The first kappa shape index (κ1) is 18.2. The van der Waals surface area contributed by atoms with Crippen molar-refractivity contribution in [3.63, 3.8) is 0 Å². The Balaban J connectivity index is 1.94. The lowest BCUT2D eigenvalue weighted by molar-refractivity contribution is 0.0504. The van der Waals surface area contributed by atoms with Crippen LogP contribution < -0.4 is 11.1 Å². The Kier molecular flexibility index (Phi) is 6.06. The predicted molar refractivity (Wildman–Crippen MR) is 95.3 cm³/mol. The monoisotopic (exact) mass is 383 g/mol. The first-order valence-electron chi connectivity index (χ1n) is 7.97. The van der Waals surface area contributed by atoms with E-state index in [0.29, 0.717) is 6.54 Å². The maximum absolute atomic E-state index is 11.9. The maximum Gasteiger partial charge on any atom is 0.407 e. The van der Waals surface area contributed by atoms with Gasteiger partial charge in [-0.2, -0.15) is 0 Å². The molecule has 3 N–H and O–H groups in total. The highest BCUT2D eigenvalue weighted by molar-refractivity contribution is 9.10. The van der Waals surface area contributed by atoms with Gasteiger partial charge in [-0.25, -0.2) is 4.79 Å². The number of nitrogens with two attached hydrogens (primary N) is 1. The van der Waals surface area contributed by atoms with Gasteiger partial charge in [-0.3, -0.25) is 4.90 Å². The number of carbonyl (C=O) groups is 1. The zero-order chi connectivity index (χ0) is 17.0. The Labute approximate surface area is 146 Å². The molecule has 0 saturated carbocycles. The van der Waals surface area contributed by atoms with Crippen molar-refractivity contribution in [1.82, 2.24) is 10.2 Å². The van der Waals surface area contributed by atoms with Gasteiger partial charge in [0.05, 0.1) is 0 Å². The van der Waals surface area contributed by atoms with E-state index in [-0.39, 0.29) is 18.2 Å². The van der Waals surface area contributed by atoms with E-state index in [1.54, 1.807) is 0 Å². The van der Waals surface area contributed by atoms with Crippen LogP contribution in [-0.4, -0.2) is 42.3 Å². The van der Waals surface area contributed by atoms with Gasteiger partial charge in [-0.1, -0.05) is 28.1 Å². The van der Waals surface area contributed by atoms with E-state index in [4.69, 9.17) is 10.5 Å². The quantitative estimate of drug-likeness (QED) is 0.838. The second-order valence-electron chi connectivity index (χ2n) is 6.93. The fourth-order valence-electron chi connectivity index (χ4n) is 2.87. The molecular formula is C17H26BrN3O2. The Bertz CT molecular complexity index is 545. The number of rotatable bonds is 4. The Morgan fingerprint density at radius 1 is 1.52 bits per heavy atom. The van der Waals surface area contributed by atoms with Crippen molar-refractivity contribution >= 4 is 22.0 Å². The van der Waals surface area contributed by atoms with Crippen LogP contribution in [0.15, 0.2) is 28.7 Å². The van der Waals surface area contributed by atoms with Crippen LogP contribution >= 0.6 is 15.9 Å². The Morgan fingerprint density at radius 2 is 2.26 bits per heavy atom. The molecule has 128 valence electrons. The number of nitrogens with zero attached hydrogens (tertiary/aromatic N) is 1. The van der Waals surface area contributed by atoms with Gasteiger partial charge >= 0.3 is 6.09 Å². The van der Waals surface area contributed by atoms with E-state index in [1.807, 2.05) is 32.9 Å². The molecule has 6 heteroatoms. The number of alkyl carbamates (subject to hydrolysis) is 1.